The molecule has 0 N–H and O–H groups in total. The number of esters is 1. The highest BCUT2D eigenvalue weighted by atomic mass is 16.5. The molecule has 0 unspecified atom stereocenters. The molecule has 0 atom stereocenters. The molecule has 0 bridgehead atoms. The van der Waals surface area contributed by atoms with Gasteiger partial charge in [0.2, 0.25) is 0 Å². The standard InChI is InChI=1S/C17H16O5/c1-3-4-5-6-9-21-13-8-7-12-10-14(16(18)20-2)17(19)22-15(12)11-13/h1,7-8,10-11H,4-6,9H2,2H3. The van der Waals surface area contributed by atoms with E-state index < -0.39 is 11.6 Å². The molecule has 0 amide bonds. The van der Waals surface area contributed by atoms with E-state index in [-0.39, 0.29) is 5.56 Å². The maximum Gasteiger partial charge on any atom is 0.351 e. The van der Waals surface area contributed by atoms with Gasteiger partial charge in [0, 0.05) is 17.9 Å². The van der Waals surface area contributed by atoms with E-state index in [1.807, 2.05) is 0 Å². The second-order valence-corrected chi connectivity index (χ2v) is 4.65. The quantitative estimate of drug-likeness (QED) is 0.355. The molecule has 0 aliphatic carbocycles. The van der Waals surface area contributed by atoms with E-state index >= 15 is 0 Å². The summed E-state index contributed by atoms with van der Waals surface area (Å²) in [7, 11) is 1.21. The van der Waals surface area contributed by atoms with Crippen LogP contribution in [-0.2, 0) is 4.74 Å². The van der Waals surface area contributed by atoms with E-state index in [0.717, 1.165) is 19.3 Å². The van der Waals surface area contributed by atoms with E-state index in [0.29, 0.717) is 23.3 Å². The van der Waals surface area contributed by atoms with Crippen LogP contribution in [-0.4, -0.2) is 19.7 Å². The van der Waals surface area contributed by atoms with Gasteiger partial charge in [-0.05, 0) is 31.0 Å². The van der Waals surface area contributed by atoms with Gasteiger partial charge < -0.3 is 13.9 Å². The lowest BCUT2D eigenvalue weighted by Crippen LogP contribution is -2.14. The van der Waals surface area contributed by atoms with Gasteiger partial charge >= 0.3 is 11.6 Å². The highest BCUT2D eigenvalue weighted by molar-refractivity contribution is 5.92. The summed E-state index contributed by atoms with van der Waals surface area (Å²) >= 11 is 0. The fourth-order valence-electron chi connectivity index (χ4n) is 1.95. The molecule has 0 spiro atoms. The Morgan fingerprint density at radius 1 is 1.32 bits per heavy atom. The number of fused-ring (bicyclic) bond motifs is 1. The third-order valence-electron chi connectivity index (χ3n) is 3.10. The monoisotopic (exact) mass is 300 g/mol. The average molecular weight is 300 g/mol. The van der Waals surface area contributed by atoms with E-state index in [2.05, 4.69) is 10.7 Å². The zero-order chi connectivity index (χ0) is 15.9. The molecule has 114 valence electrons. The van der Waals surface area contributed by atoms with Crippen molar-refractivity contribution in [3.05, 3.63) is 40.2 Å². The third-order valence-corrected chi connectivity index (χ3v) is 3.10. The van der Waals surface area contributed by atoms with Crippen molar-refractivity contribution in [3.63, 3.8) is 0 Å². The maximum absolute atomic E-state index is 11.8. The summed E-state index contributed by atoms with van der Waals surface area (Å²) < 4.78 is 15.3. The van der Waals surface area contributed by atoms with Crippen molar-refractivity contribution in [1.82, 2.24) is 0 Å². The lowest BCUT2D eigenvalue weighted by atomic mass is 10.2. The Morgan fingerprint density at radius 3 is 2.86 bits per heavy atom. The first-order valence-electron chi connectivity index (χ1n) is 6.88. The molecular weight excluding hydrogens is 284 g/mol. The van der Waals surface area contributed by atoms with Crippen LogP contribution in [0.2, 0.25) is 0 Å². The first-order valence-corrected chi connectivity index (χ1v) is 6.88. The maximum atomic E-state index is 11.8. The van der Waals surface area contributed by atoms with Crippen LogP contribution in [0.15, 0.2) is 33.5 Å². The zero-order valence-electron chi connectivity index (χ0n) is 12.3. The summed E-state index contributed by atoms with van der Waals surface area (Å²) in [4.78, 5) is 23.2. The zero-order valence-corrected chi connectivity index (χ0v) is 12.3. The molecule has 0 fully saturated rings. The molecule has 5 heteroatoms. The molecule has 0 saturated carbocycles. The van der Waals surface area contributed by atoms with Crippen LogP contribution in [0.1, 0.15) is 29.6 Å². The Bertz CT molecular complexity index is 767. The number of hydrogen-bond acceptors (Lipinski definition) is 5. The lowest BCUT2D eigenvalue weighted by molar-refractivity contribution is 0.0596. The lowest BCUT2D eigenvalue weighted by Gasteiger charge is -2.06. The van der Waals surface area contributed by atoms with Crippen LogP contribution >= 0.6 is 0 Å². The van der Waals surface area contributed by atoms with E-state index in [1.165, 1.54) is 13.2 Å². The minimum absolute atomic E-state index is 0.127. The van der Waals surface area contributed by atoms with Crippen molar-refractivity contribution in [3.8, 4) is 18.1 Å². The van der Waals surface area contributed by atoms with Crippen molar-refractivity contribution in [2.24, 2.45) is 0 Å². The van der Waals surface area contributed by atoms with Gasteiger partial charge in [-0.15, -0.1) is 12.3 Å². The van der Waals surface area contributed by atoms with Crippen molar-refractivity contribution < 1.29 is 18.7 Å². The number of unbranched alkanes of at least 4 members (excludes halogenated alkanes) is 2. The predicted octanol–water partition coefficient (Wildman–Crippen LogP) is 2.76. The average Bonchev–Trinajstić information content (AvgIpc) is 2.53. The second kappa shape index (κ2) is 7.32. The number of rotatable bonds is 6. The number of benzene rings is 1. The van der Waals surface area contributed by atoms with Crippen LogP contribution in [0.5, 0.6) is 5.75 Å². The van der Waals surface area contributed by atoms with Crippen molar-refractivity contribution in [2.75, 3.05) is 13.7 Å². The van der Waals surface area contributed by atoms with Crippen LogP contribution in [0.3, 0.4) is 0 Å². The summed E-state index contributed by atoms with van der Waals surface area (Å²) in [6, 6.07) is 6.55. The highest BCUT2D eigenvalue weighted by Gasteiger charge is 2.14. The van der Waals surface area contributed by atoms with E-state index in [9.17, 15) is 9.59 Å². The summed E-state index contributed by atoms with van der Waals surface area (Å²) in [5.41, 5.74) is -0.498. The molecule has 1 heterocycles. The molecule has 0 radical (unpaired) electrons. The Morgan fingerprint density at radius 2 is 2.14 bits per heavy atom. The number of ether oxygens (including phenoxy) is 2. The molecule has 5 nitrogen and oxygen atoms in total. The predicted molar refractivity (Wildman–Crippen MR) is 82.0 cm³/mol. The van der Waals surface area contributed by atoms with Gasteiger partial charge in [0.05, 0.1) is 13.7 Å². The number of methoxy groups -OCH3 is 1. The first-order chi connectivity index (χ1) is 10.7. The smallest absolute Gasteiger partial charge is 0.351 e. The Hall–Kier alpha value is -2.74. The summed E-state index contributed by atoms with van der Waals surface area (Å²) in [5, 5.41) is 0.625. The fraction of sp³-hybridized carbons (Fsp3) is 0.294. The number of carbonyl (C=O) groups excluding carboxylic acids is 1. The SMILES string of the molecule is C#CCCCCOc1ccc2cc(C(=O)OC)c(=O)oc2c1. The molecule has 0 aliphatic rings. The molecular formula is C17H16O5. The number of hydrogen-bond donors (Lipinski definition) is 0. The minimum atomic E-state index is -0.731. The van der Waals surface area contributed by atoms with Gasteiger partial charge in [0.1, 0.15) is 16.9 Å². The Kier molecular flexibility index (Phi) is 5.21. The third kappa shape index (κ3) is 3.67. The van der Waals surface area contributed by atoms with E-state index in [4.69, 9.17) is 15.6 Å². The Labute approximate surface area is 127 Å². The van der Waals surface area contributed by atoms with Gasteiger partial charge in [0.25, 0.3) is 0 Å². The highest BCUT2D eigenvalue weighted by Crippen LogP contribution is 2.21. The molecule has 1 aromatic heterocycles. The summed E-state index contributed by atoms with van der Waals surface area (Å²) in [6.45, 7) is 0.539. The molecule has 0 aliphatic heterocycles. The molecule has 22 heavy (non-hydrogen) atoms. The second-order valence-electron chi connectivity index (χ2n) is 4.65. The van der Waals surface area contributed by atoms with Crippen LogP contribution in [0.4, 0.5) is 0 Å². The molecule has 2 rings (SSSR count). The first kappa shape index (κ1) is 15.6. The number of carbonyl (C=O) groups is 1. The van der Waals surface area contributed by atoms with Gasteiger partial charge in [-0.25, -0.2) is 9.59 Å². The Balaban J connectivity index is 2.16. The largest absolute Gasteiger partial charge is 0.493 e. The molecule has 0 saturated heterocycles. The minimum Gasteiger partial charge on any atom is -0.493 e. The van der Waals surface area contributed by atoms with E-state index in [1.54, 1.807) is 18.2 Å². The molecule has 1 aromatic carbocycles. The molecule has 2 aromatic rings. The van der Waals surface area contributed by atoms with Gasteiger partial charge in [0.15, 0.2) is 0 Å². The van der Waals surface area contributed by atoms with Crippen LogP contribution < -0.4 is 10.4 Å². The van der Waals surface area contributed by atoms with Crippen molar-refractivity contribution >= 4 is 16.9 Å². The topological polar surface area (TPSA) is 65.7 Å². The van der Waals surface area contributed by atoms with Crippen molar-refractivity contribution in [1.29, 1.82) is 0 Å². The van der Waals surface area contributed by atoms with Crippen molar-refractivity contribution in [2.45, 2.75) is 19.3 Å². The summed E-state index contributed by atoms with van der Waals surface area (Å²) in [5.74, 6) is 2.45. The summed E-state index contributed by atoms with van der Waals surface area (Å²) in [6.07, 6.45) is 7.66. The normalized spacial score (nSPS) is 10.2. The number of terminal acetylenes is 1. The van der Waals surface area contributed by atoms with Gasteiger partial charge in [-0.2, -0.15) is 0 Å². The van der Waals surface area contributed by atoms with Crippen LogP contribution in [0, 0.1) is 12.3 Å². The fourth-order valence-corrected chi connectivity index (χ4v) is 1.95. The van der Waals surface area contributed by atoms with Gasteiger partial charge in [-0.3, -0.25) is 0 Å². The van der Waals surface area contributed by atoms with Gasteiger partial charge in [-0.1, -0.05) is 0 Å². The van der Waals surface area contributed by atoms with Crippen LogP contribution in [0.25, 0.3) is 11.0 Å².